The Labute approximate surface area is 120 Å². The van der Waals surface area contributed by atoms with Gasteiger partial charge in [-0.3, -0.25) is 4.79 Å². The van der Waals surface area contributed by atoms with E-state index in [0.717, 1.165) is 0 Å². The van der Waals surface area contributed by atoms with E-state index < -0.39 is 23.5 Å². The van der Waals surface area contributed by atoms with Crippen LogP contribution >= 0.6 is 12.2 Å². The summed E-state index contributed by atoms with van der Waals surface area (Å²) in [4.78, 5) is 24.2. The van der Waals surface area contributed by atoms with Crippen LogP contribution in [0.5, 0.6) is 0 Å². The predicted octanol–water partition coefficient (Wildman–Crippen LogP) is 1.19. The van der Waals surface area contributed by atoms with Gasteiger partial charge < -0.3 is 15.8 Å². The molecule has 0 aromatic rings. The number of hydrogen-bond donors (Lipinski definition) is 2. The summed E-state index contributed by atoms with van der Waals surface area (Å²) in [7, 11) is 0. The highest BCUT2D eigenvalue weighted by molar-refractivity contribution is 7.80. The van der Waals surface area contributed by atoms with Gasteiger partial charge >= 0.3 is 5.97 Å². The molecule has 110 valence electrons. The zero-order chi connectivity index (χ0) is 15.4. The molecule has 0 rings (SSSR count). The lowest BCUT2D eigenvalue weighted by Gasteiger charge is -2.25. The molecule has 1 amide bonds. The number of carbonyl (C=O) groups excluding carboxylic acids is 2. The van der Waals surface area contributed by atoms with Crippen molar-refractivity contribution in [2.24, 2.45) is 11.7 Å². The third kappa shape index (κ3) is 6.63. The van der Waals surface area contributed by atoms with Crippen LogP contribution in [0.4, 0.5) is 0 Å². The average Bonchev–Trinajstić information content (AvgIpc) is 2.20. The van der Waals surface area contributed by atoms with E-state index >= 15 is 0 Å². The minimum absolute atomic E-state index is 0.132. The van der Waals surface area contributed by atoms with Gasteiger partial charge in [0.1, 0.15) is 5.60 Å². The second kappa shape index (κ2) is 6.96. The molecule has 0 aromatic heterocycles. The van der Waals surface area contributed by atoms with E-state index in [2.05, 4.69) is 5.32 Å². The highest BCUT2D eigenvalue weighted by Crippen LogP contribution is 2.09. The second-order valence-electron chi connectivity index (χ2n) is 5.85. The smallest absolute Gasteiger partial charge is 0.333 e. The van der Waals surface area contributed by atoms with Crippen molar-refractivity contribution in [3.05, 3.63) is 0 Å². The molecule has 0 aliphatic carbocycles. The van der Waals surface area contributed by atoms with Crippen molar-refractivity contribution in [2.45, 2.75) is 59.2 Å². The van der Waals surface area contributed by atoms with Crippen LogP contribution in [0.3, 0.4) is 0 Å². The molecule has 2 atom stereocenters. The molecule has 0 aliphatic rings. The van der Waals surface area contributed by atoms with Crippen LogP contribution in [-0.4, -0.2) is 34.4 Å². The maximum Gasteiger partial charge on any atom is 0.333 e. The van der Waals surface area contributed by atoms with Gasteiger partial charge in [0.2, 0.25) is 5.91 Å². The van der Waals surface area contributed by atoms with Gasteiger partial charge in [-0.2, -0.15) is 0 Å². The minimum Gasteiger partial charge on any atom is -0.458 e. The Bertz CT molecular complexity index is 361. The molecule has 0 bridgehead atoms. The van der Waals surface area contributed by atoms with Gasteiger partial charge in [-0.05, 0) is 33.6 Å². The fourth-order valence-electron chi connectivity index (χ4n) is 1.45. The van der Waals surface area contributed by atoms with Crippen molar-refractivity contribution in [1.29, 1.82) is 0 Å². The highest BCUT2D eigenvalue weighted by Gasteiger charge is 2.30. The molecule has 0 fully saturated rings. The average molecular weight is 288 g/mol. The predicted molar refractivity (Wildman–Crippen MR) is 78.9 cm³/mol. The molecule has 0 spiro atoms. The Kier molecular flexibility index (Phi) is 6.59. The van der Waals surface area contributed by atoms with E-state index in [4.69, 9.17) is 22.7 Å². The molecule has 0 aromatic carbocycles. The molecular weight excluding hydrogens is 264 g/mol. The Morgan fingerprint density at radius 2 is 1.74 bits per heavy atom. The van der Waals surface area contributed by atoms with E-state index in [9.17, 15) is 9.59 Å². The summed E-state index contributed by atoms with van der Waals surface area (Å²) < 4.78 is 5.07. The number of thiocarbonyl (C=S) groups is 1. The molecule has 19 heavy (non-hydrogen) atoms. The lowest BCUT2D eigenvalue weighted by atomic mass is 10.0. The van der Waals surface area contributed by atoms with Gasteiger partial charge in [0, 0.05) is 4.86 Å². The van der Waals surface area contributed by atoms with Gasteiger partial charge in [-0.25, -0.2) is 4.79 Å². The summed E-state index contributed by atoms with van der Waals surface area (Å²) in [5.74, 6) is -1.18. The number of nitrogens with two attached hydrogens (primary N) is 1. The minimum atomic E-state index is -1.34. The fourth-order valence-corrected chi connectivity index (χ4v) is 1.78. The number of esters is 1. The van der Waals surface area contributed by atoms with Crippen molar-refractivity contribution >= 4 is 29.0 Å². The van der Waals surface area contributed by atoms with Crippen molar-refractivity contribution in [3.8, 4) is 0 Å². The Balaban J connectivity index is 4.65. The Morgan fingerprint density at radius 3 is 2.05 bits per heavy atom. The van der Waals surface area contributed by atoms with Gasteiger partial charge in [0.25, 0.3) is 0 Å². The maximum absolute atomic E-state index is 11.9. The van der Waals surface area contributed by atoms with Crippen LogP contribution in [0.15, 0.2) is 0 Å². The molecule has 0 radical (unpaired) electrons. The standard InChI is InChI=1S/C13H24N2O3S/c1-7(2)10(8(3)19)15-11(16)9(14)12(17)18-13(4,5)6/h7,9-10H,14H2,1-6H3,(H,15,16). The van der Waals surface area contributed by atoms with E-state index in [-0.39, 0.29) is 12.0 Å². The number of hydrogen-bond acceptors (Lipinski definition) is 5. The van der Waals surface area contributed by atoms with Crippen molar-refractivity contribution in [3.63, 3.8) is 0 Å². The number of rotatable bonds is 5. The maximum atomic E-state index is 11.9. The molecular formula is C13H24N2O3S. The lowest BCUT2D eigenvalue weighted by molar-refractivity contribution is -0.158. The van der Waals surface area contributed by atoms with Gasteiger partial charge in [0.05, 0.1) is 6.04 Å². The molecule has 2 unspecified atom stereocenters. The Hall–Kier alpha value is -1.01. The molecule has 0 aliphatic heterocycles. The topological polar surface area (TPSA) is 81.4 Å². The number of nitrogens with one attached hydrogen (secondary N) is 1. The molecule has 0 saturated carbocycles. The molecule has 0 heterocycles. The van der Waals surface area contributed by atoms with Crippen molar-refractivity contribution in [1.82, 2.24) is 5.32 Å². The van der Waals surface area contributed by atoms with Gasteiger partial charge in [0.15, 0.2) is 6.04 Å². The van der Waals surface area contributed by atoms with Crippen LogP contribution in [0.25, 0.3) is 0 Å². The second-order valence-corrected chi connectivity index (χ2v) is 6.50. The van der Waals surface area contributed by atoms with Crippen LogP contribution < -0.4 is 11.1 Å². The summed E-state index contributed by atoms with van der Waals surface area (Å²) in [6, 6.07) is -1.62. The summed E-state index contributed by atoms with van der Waals surface area (Å²) in [5, 5.41) is 2.68. The molecule has 3 N–H and O–H groups in total. The van der Waals surface area contributed by atoms with Crippen LogP contribution in [0.2, 0.25) is 0 Å². The summed E-state index contributed by atoms with van der Waals surface area (Å²) in [5.41, 5.74) is 4.91. The first-order valence-electron chi connectivity index (χ1n) is 6.25. The van der Waals surface area contributed by atoms with Gasteiger partial charge in [-0.1, -0.05) is 26.1 Å². The zero-order valence-corrected chi connectivity index (χ0v) is 13.3. The summed E-state index contributed by atoms with van der Waals surface area (Å²) in [6.45, 7) is 10.8. The number of carbonyl (C=O) groups is 2. The molecule has 0 saturated heterocycles. The fraction of sp³-hybridized carbons (Fsp3) is 0.769. The normalized spacial score (nSPS) is 14.7. The van der Waals surface area contributed by atoms with Crippen molar-refractivity contribution in [2.75, 3.05) is 0 Å². The number of ether oxygens (including phenoxy) is 1. The van der Waals surface area contributed by atoms with E-state index in [0.29, 0.717) is 4.86 Å². The quantitative estimate of drug-likeness (QED) is 0.451. The first-order chi connectivity index (χ1) is 8.45. The third-order valence-electron chi connectivity index (χ3n) is 2.35. The summed E-state index contributed by atoms with van der Waals surface area (Å²) in [6.07, 6.45) is 0. The van der Waals surface area contributed by atoms with Crippen LogP contribution in [0, 0.1) is 5.92 Å². The first kappa shape index (κ1) is 18.0. The van der Waals surface area contributed by atoms with E-state index in [1.165, 1.54) is 0 Å². The van der Waals surface area contributed by atoms with Crippen molar-refractivity contribution < 1.29 is 14.3 Å². The highest BCUT2D eigenvalue weighted by atomic mass is 32.1. The van der Waals surface area contributed by atoms with E-state index in [1.54, 1.807) is 27.7 Å². The largest absolute Gasteiger partial charge is 0.458 e. The molecule has 6 heteroatoms. The molecule has 5 nitrogen and oxygen atoms in total. The zero-order valence-electron chi connectivity index (χ0n) is 12.4. The lowest BCUT2D eigenvalue weighted by Crippen LogP contribution is -2.53. The van der Waals surface area contributed by atoms with Gasteiger partial charge in [-0.15, -0.1) is 0 Å². The third-order valence-corrected chi connectivity index (χ3v) is 2.60. The van der Waals surface area contributed by atoms with Crippen LogP contribution in [-0.2, 0) is 14.3 Å². The SMILES string of the molecule is CC(=S)C(NC(=O)C(N)C(=O)OC(C)(C)C)C(C)C. The summed E-state index contributed by atoms with van der Waals surface area (Å²) >= 11 is 5.08. The monoisotopic (exact) mass is 288 g/mol. The van der Waals surface area contributed by atoms with E-state index in [1.807, 2.05) is 13.8 Å². The van der Waals surface area contributed by atoms with Crippen LogP contribution in [0.1, 0.15) is 41.5 Å². The Morgan fingerprint density at radius 1 is 1.26 bits per heavy atom. The first-order valence-corrected chi connectivity index (χ1v) is 6.65. The number of amides is 1.